The molecule has 1 saturated heterocycles. The first-order valence-corrected chi connectivity index (χ1v) is 8.57. The third kappa shape index (κ3) is 4.08. The lowest BCUT2D eigenvalue weighted by molar-refractivity contribution is -0.139. The third-order valence-electron chi connectivity index (χ3n) is 3.75. The van der Waals surface area contributed by atoms with E-state index in [9.17, 15) is 9.18 Å². The summed E-state index contributed by atoms with van der Waals surface area (Å²) in [6.45, 7) is 2.07. The van der Waals surface area contributed by atoms with E-state index in [0.717, 1.165) is 0 Å². The summed E-state index contributed by atoms with van der Waals surface area (Å²) in [5.41, 5.74) is -1.85. The summed E-state index contributed by atoms with van der Waals surface area (Å²) in [5, 5.41) is 1.65. The molecule has 7 nitrogen and oxygen atoms in total. The van der Waals surface area contributed by atoms with Crippen LogP contribution in [0.3, 0.4) is 0 Å². The predicted octanol–water partition coefficient (Wildman–Crippen LogP) is 1.24. The van der Waals surface area contributed by atoms with E-state index in [1.165, 1.54) is 17.8 Å². The highest BCUT2D eigenvalue weighted by molar-refractivity contribution is 8.02. The van der Waals surface area contributed by atoms with Crippen molar-refractivity contribution in [3.05, 3.63) is 23.7 Å². The number of rotatable bonds is 3. The highest BCUT2D eigenvalue weighted by Crippen LogP contribution is 2.30. The van der Waals surface area contributed by atoms with Crippen LogP contribution in [0.25, 0.3) is 0 Å². The Labute approximate surface area is 148 Å². The van der Waals surface area contributed by atoms with Gasteiger partial charge in [-0.1, -0.05) is 0 Å². The topological polar surface area (TPSA) is 78.8 Å². The van der Waals surface area contributed by atoms with Crippen molar-refractivity contribution in [3.8, 4) is 5.88 Å². The van der Waals surface area contributed by atoms with E-state index in [2.05, 4.69) is 21.8 Å². The SMILES string of the molecule is COc1ccnc(N2CCN(C(=O)C3(F)C=CSC3)CC2)n1.OCl. The van der Waals surface area contributed by atoms with E-state index in [-0.39, 0.29) is 5.75 Å². The van der Waals surface area contributed by atoms with Crippen LogP contribution in [-0.2, 0) is 4.79 Å². The van der Waals surface area contributed by atoms with Crippen LogP contribution in [0.4, 0.5) is 10.3 Å². The molecule has 24 heavy (non-hydrogen) atoms. The number of thioether (sulfide) groups is 1. The molecule has 2 aliphatic heterocycles. The zero-order chi connectivity index (χ0) is 17.6. The van der Waals surface area contributed by atoms with Gasteiger partial charge < -0.3 is 14.5 Å². The van der Waals surface area contributed by atoms with Crippen LogP contribution in [0.2, 0.25) is 0 Å². The van der Waals surface area contributed by atoms with Crippen molar-refractivity contribution < 1.29 is 18.6 Å². The minimum Gasteiger partial charge on any atom is -0.481 e. The largest absolute Gasteiger partial charge is 0.481 e. The highest BCUT2D eigenvalue weighted by Gasteiger charge is 2.42. The standard InChI is InChI=1S/C14H17FN4O2S.ClHO/c1-21-11-2-4-16-13(17-11)19-7-5-18(6-8-19)12(20)14(15)3-9-22-10-14;1-2/h2-4,9H,5-8,10H2,1H3;2H. The second kappa shape index (κ2) is 8.50. The van der Waals surface area contributed by atoms with Crippen LogP contribution in [0, 0.1) is 0 Å². The Morgan fingerprint density at radius 3 is 2.71 bits per heavy atom. The number of alkyl halides is 1. The molecule has 132 valence electrons. The molecule has 0 saturated carbocycles. The van der Waals surface area contributed by atoms with Gasteiger partial charge in [0.2, 0.25) is 17.5 Å². The summed E-state index contributed by atoms with van der Waals surface area (Å²) >= 11 is 4.97. The van der Waals surface area contributed by atoms with Crippen molar-refractivity contribution in [2.45, 2.75) is 5.67 Å². The second-order valence-corrected chi connectivity index (χ2v) is 6.05. The molecule has 0 spiro atoms. The third-order valence-corrected chi connectivity index (χ3v) is 4.67. The van der Waals surface area contributed by atoms with E-state index in [0.29, 0.717) is 38.0 Å². The average Bonchev–Trinajstić information content (AvgIpc) is 3.11. The van der Waals surface area contributed by atoms with Gasteiger partial charge in [0.05, 0.1) is 19.0 Å². The summed E-state index contributed by atoms with van der Waals surface area (Å²) in [7, 11) is 1.55. The molecule has 3 heterocycles. The number of hydrogen-bond donors (Lipinski definition) is 1. The van der Waals surface area contributed by atoms with Crippen LogP contribution in [0.5, 0.6) is 5.88 Å². The van der Waals surface area contributed by atoms with Gasteiger partial charge in [0.15, 0.2) is 0 Å². The van der Waals surface area contributed by atoms with Crippen molar-refractivity contribution in [3.63, 3.8) is 0 Å². The van der Waals surface area contributed by atoms with E-state index in [1.54, 1.807) is 29.7 Å². The molecule has 0 bridgehead atoms. The molecule has 1 aromatic heterocycles. The van der Waals surface area contributed by atoms with Gasteiger partial charge >= 0.3 is 0 Å². The first kappa shape index (κ1) is 18.8. The zero-order valence-corrected chi connectivity index (χ0v) is 14.6. The molecule has 1 atom stereocenters. The highest BCUT2D eigenvalue weighted by atomic mass is 35.5. The van der Waals surface area contributed by atoms with Crippen molar-refractivity contribution in [2.75, 3.05) is 43.9 Å². The monoisotopic (exact) mass is 376 g/mol. The van der Waals surface area contributed by atoms with Crippen molar-refractivity contribution in [1.82, 2.24) is 14.9 Å². The summed E-state index contributed by atoms with van der Waals surface area (Å²) in [5.74, 6) is 0.794. The van der Waals surface area contributed by atoms with Gasteiger partial charge in [-0.05, 0) is 11.5 Å². The maximum atomic E-state index is 14.5. The molecule has 1 aromatic rings. The fourth-order valence-electron chi connectivity index (χ4n) is 2.48. The first-order valence-electron chi connectivity index (χ1n) is 7.19. The van der Waals surface area contributed by atoms with Gasteiger partial charge in [0.1, 0.15) is 0 Å². The molecule has 0 radical (unpaired) electrons. The Kier molecular flexibility index (Phi) is 6.64. The molecular weight excluding hydrogens is 359 g/mol. The lowest BCUT2D eigenvalue weighted by Crippen LogP contribution is -2.54. The Hall–Kier alpha value is -1.58. The molecule has 0 aromatic carbocycles. The molecule has 1 N–H and O–H groups in total. The Morgan fingerprint density at radius 2 is 2.12 bits per heavy atom. The van der Waals surface area contributed by atoms with Gasteiger partial charge in [-0.25, -0.2) is 9.37 Å². The van der Waals surface area contributed by atoms with Crippen molar-refractivity contribution >= 4 is 35.5 Å². The number of hydrogen-bond acceptors (Lipinski definition) is 7. The number of carbonyl (C=O) groups excluding carboxylic acids is 1. The van der Waals surface area contributed by atoms with Crippen LogP contribution in [0.15, 0.2) is 23.7 Å². The first-order chi connectivity index (χ1) is 11.6. The predicted molar refractivity (Wildman–Crippen MR) is 90.9 cm³/mol. The Bertz CT molecular complexity index is 601. The second-order valence-electron chi connectivity index (χ2n) is 5.15. The maximum absolute atomic E-state index is 14.5. The van der Waals surface area contributed by atoms with Gasteiger partial charge in [0.25, 0.3) is 5.91 Å². The number of aromatic nitrogens is 2. The Balaban J connectivity index is 0.00000100. The number of carbonyl (C=O) groups is 1. The van der Waals surface area contributed by atoms with Crippen LogP contribution >= 0.6 is 23.6 Å². The number of nitrogens with zero attached hydrogens (tertiary/aromatic N) is 4. The van der Waals surface area contributed by atoms with Crippen molar-refractivity contribution in [2.24, 2.45) is 0 Å². The normalized spacial score (nSPS) is 22.8. The molecule has 1 fully saturated rings. The van der Waals surface area contributed by atoms with E-state index in [4.69, 9.17) is 9.40 Å². The zero-order valence-electron chi connectivity index (χ0n) is 13.1. The van der Waals surface area contributed by atoms with Crippen LogP contribution in [-0.4, -0.2) is 70.1 Å². The van der Waals surface area contributed by atoms with E-state index < -0.39 is 11.6 Å². The van der Waals surface area contributed by atoms with Crippen LogP contribution in [0.1, 0.15) is 0 Å². The number of piperazine rings is 1. The molecular formula is C14H18ClFN4O3S. The van der Waals surface area contributed by atoms with Crippen molar-refractivity contribution in [1.29, 1.82) is 0 Å². The molecule has 0 aliphatic carbocycles. The number of anilines is 1. The van der Waals surface area contributed by atoms with Gasteiger partial charge in [-0.15, -0.1) is 11.8 Å². The summed E-state index contributed by atoms with van der Waals surface area (Å²) in [4.78, 5) is 24.3. The van der Waals surface area contributed by atoms with E-state index in [1.807, 2.05) is 4.90 Å². The van der Waals surface area contributed by atoms with Crippen LogP contribution < -0.4 is 9.64 Å². The molecule has 10 heteroatoms. The van der Waals surface area contributed by atoms with Gasteiger partial charge in [0, 0.05) is 44.2 Å². The summed E-state index contributed by atoms with van der Waals surface area (Å²) in [6, 6.07) is 1.68. The fraction of sp³-hybridized carbons (Fsp3) is 0.500. The molecule has 1 unspecified atom stereocenters. The smallest absolute Gasteiger partial charge is 0.265 e. The quantitative estimate of drug-likeness (QED) is 0.850. The summed E-state index contributed by atoms with van der Waals surface area (Å²) in [6.07, 6.45) is 2.99. The van der Waals surface area contributed by atoms with Gasteiger partial charge in [-0.2, -0.15) is 4.98 Å². The number of methoxy groups -OCH3 is 1. The molecule has 2 aliphatic rings. The number of amides is 1. The number of ether oxygens (including phenoxy) is 1. The minimum absolute atomic E-state index is 0.172. The van der Waals surface area contributed by atoms with E-state index >= 15 is 0 Å². The summed E-state index contributed by atoms with van der Waals surface area (Å²) < 4.78 is 26.0. The maximum Gasteiger partial charge on any atom is 0.265 e. The minimum atomic E-state index is -1.85. The molecule has 3 rings (SSSR count). The average molecular weight is 377 g/mol. The Morgan fingerprint density at radius 1 is 1.42 bits per heavy atom. The van der Waals surface area contributed by atoms with Gasteiger partial charge in [-0.3, -0.25) is 9.45 Å². The lowest BCUT2D eigenvalue weighted by Gasteiger charge is -2.36. The molecule has 1 amide bonds. The number of halogens is 2. The fourth-order valence-corrected chi connectivity index (χ4v) is 3.35. The lowest BCUT2D eigenvalue weighted by atomic mass is 10.1.